The largest absolute Gasteiger partial charge is 0.480 e. The van der Waals surface area contributed by atoms with Gasteiger partial charge < -0.3 is 9.67 Å². The molecule has 0 radical (unpaired) electrons. The van der Waals surface area contributed by atoms with Crippen LogP contribution in [0.3, 0.4) is 0 Å². The predicted molar refractivity (Wildman–Crippen MR) is 139 cm³/mol. The molecule has 0 atom stereocenters. The molecule has 2 aromatic heterocycles. The van der Waals surface area contributed by atoms with Gasteiger partial charge in [0.2, 0.25) is 0 Å². The predicted octanol–water partition coefficient (Wildman–Crippen LogP) is 1.89. The van der Waals surface area contributed by atoms with Crippen LogP contribution in [-0.2, 0) is 30.7 Å². The van der Waals surface area contributed by atoms with Crippen molar-refractivity contribution in [2.45, 2.75) is 6.92 Å². The fraction of sp³-hybridized carbons (Fsp3) is 0.217. The lowest BCUT2D eigenvalue weighted by atomic mass is 10.1. The number of carbonyl (C=O) groups is 2. The Kier molecular flexibility index (Phi) is 7.87. The van der Waals surface area contributed by atoms with E-state index in [9.17, 15) is 19.2 Å². The zero-order valence-electron chi connectivity index (χ0n) is 19.5. The molecule has 0 spiro atoms. The molecule has 1 aliphatic rings. The summed E-state index contributed by atoms with van der Waals surface area (Å²) < 4.78 is 4.32. The van der Waals surface area contributed by atoms with Crippen LogP contribution < -0.4 is 11.2 Å². The molecule has 1 fully saturated rings. The minimum atomic E-state index is -1.08. The molecular weight excluding hydrogens is 490 g/mol. The Bertz CT molecular complexity index is 1500. The van der Waals surface area contributed by atoms with E-state index in [0.717, 1.165) is 32.4 Å². The molecule has 35 heavy (non-hydrogen) atoms. The first-order valence-corrected chi connectivity index (χ1v) is 11.5. The number of allylic oxidation sites excluding steroid dienone is 2. The van der Waals surface area contributed by atoms with Gasteiger partial charge in [-0.05, 0) is 24.1 Å². The smallest absolute Gasteiger partial charge is 0.332 e. The summed E-state index contributed by atoms with van der Waals surface area (Å²) in [5.74, 6) is -1.43. The topological polar surface area (TPSA) is 119 Å². The van der Waals surface area contributed by atoms with Crippen molar-refractivity contribution in [1.29, 1.82) is 0 Å². The summed E-state index contributed by atoms with van der Waals surface area (Å²) in [7, 11) is 4.77. The maximum atomic E-state index is 12.1. The molecule has 0 aliphatic carbocycles. The van der Waals surface area contributed by atoms with E-state index in [1.807, 2.05) is 43.3 Å². The van der Waals surface area contributed by atoms with Crippen LogP contribution in [0.2, 0.25) is 0 Å². The highest BCUT2D eigenvalue weighted by molar-refractivity contribution is 8.26. The zero-order valence-corrected chi connectivity index (χ0v) is 21.1. The number of carbonyl (C=O) groups excluding carboxylic acids is 1. The summed E-state index contributed by atoms with van der Waals surface area (Å²) in [4.78, 5) is 51.5. The van der Waals surface area contributed by atoms with Crippen LogP contribution in [0.15, 0.2) is 62.8 Å². The summed E-state index contributed by atoms with van der Waals surface area (Å²) >= 11 is 6.17. The van der Waals surface area contributed by atoms with Crippen molar-refractivity contribution in [3.05, 3.63) is 79.6 Å². The van der Waals surface area contributed by atoms with E-state index in [0.29, 0.717) is 16.1 Å². The second kappa shape index (κ2) is 10.7. The number of benzene rings is 1. The van der Waals surface area contributed by atoms with Crippen LogP contribution in [-0.4, -0.2) is 51.4 Å². The van der Waals surface area contributed by atoms with Crippen molar-refractivity contribution >= 4 is 57.4 Å². The van der Waals surface area contributed by atoms with Crippen molar-refractivity contribution in [1.82, 2.24) is 23.6 Å². The number of fused-ring (bicyclic) bond motifs is 1. The Morgan fingerprint density at radius 2 is 1.77 bits per heavy atom. The van der Waals surface area contributed by atoms with Crippen LogP contribution >= 0.6 is 24.0 Å². The number of imidazole rings is 1. The molecule has 0 bridgehead atoms. The third-order valence-electron chi connectivity index (χ3n) is 5.04. The molecule has 12 heteroatoms. The van der Waals surface area contributed by atoms with Gasteiger partial charge in [0.1, 0.15) is 10.9 Å². The Hall–Kier alpha value is -3.77. The summed E-state index contributed by atoms with van der Waals surface area (Å²) in [6, 6.07) is 9.74. The standard InChI is InChI=1S/C15H13NO3S2.C8H10N4O2/c1-10(7-11-5-3-2-4-6-11)8-12-14(19)16(9-13(17)18)15(20)21-12;1-10-4-9-6-5(10)7(13)12(3)8(14)11(6)2/h2-8H,9H2,1H3,(H,17,18);4H,1-3H3/b10-7+,12-8-;. The highest BCUT2D eigenvalue weighted by Gasteiger charge is 2.33. The number of aryl methyl sites for hydroxylation is 2. The number of carboxylic acids is 1. The number of aliphatic carboxylic acids is 1. The molecule has 1 aromatic carbocycles. The normalized spacial score (nSPS) is 15.0. The van der Waals surface area contributed by atoms with Gasteiger partial charge in [0.25, 0.3) is 11.5 Å². The first-order valence-electron chi connectivity index (χ1n) is 10.3. The van der Waals surface area contributed by atoms with Gasteiger partial charge in [0, 0.05) is 21.1 Å². The fourth-order valence-electron chi connectivity index (χ4n) is 3.30. The molecule has 1 saturated heterocycles. The monoisotopic (exact) mass is 513 g/mol. The summed E-state index contributed by atoms with van der Waals surface area (Å²) in [5, 5.41) is 8.78. The van der Waals surface area contributed by atoms with Gasteiger partial charge >= 0.3 is 11.7 Å². The van der Waals surface area contributed by atoms with Gasteiger partial charge in [0.15, 0.2) is 11.2 Å². The average Bonchev–Trinajstić information content (AvgIpc) is 3.32. The number of rotatable bonds is 4. The molecule has 4 rings (SSSR count). The van der Waals surface area contributed by atoms with Crippen molar-refractivity contribution < 1.29 is 14.7 Å². The van der Waals surface area contributed by atoms with Gasteiger partial charge in [-0.25, -0.2) is 9.78 Å². The SMILES string of the molecule is CC(/C=C1\SC(=S)N(CC(=O)O)C1=O)=C\c1ccccc1.Cn1c(=O)c2c(ncn2C)n(C)c1=O. The maximum Gasteiger partial charge on any atom is 0.332 e. The number of hydrogen-bond acceptors (Lipinski definition) is 7. The Balaban J connectivity index is 0.000000211. The third-order valence-corrected chi connectivity index (χ3v) is 6.41. The number of carboxylic acid groups (broad SMARTS) is 1. The zero-order chi connectivity index (χ0) is 25.9. The van der Waals surface area contributed by atoms with E-state index in [1.165, 1.54) is 17.9 Å². The number of nitrogens with zero attached hydrogens (tertiary/aromatic N) is 5. The second-order valence-electron chi connectivity index (χ2n) is 7.69. The van der Waals surface area contributed by atoms with Crippen molar-refractivity contribution in [3.8, 4) is 0 Å². The first kappa shape index (κ1) is 25.8. The van der Waals surface area contributed by atoms with Crippen LogP contribution in [0.25, 0.3) is 17.2 Å². The lowest BCUT2D eigenvalue weighted by molar-refractivity contribution is -0.140. The van der Waals surface area contributed by atoms with E-state index in [2.05, 4.69) is 4.98 Å². The summed E-state index contributed by atoms with van der Waals surface area (Å²) in [6.07, 6.45) is 5.20. The Labute approximate surface area is 209 Å². The van der Waals surface area contributed by atoms with Crippen LogP contribution in [0.1, 0.15) is 12.5 Å². The van der Waals surface area contributed by atoms with E-state index < -0.39 is 12.5 Å². The van der Waals surface area contributed by atoms with E-state index in [-0.39, 0.29) is 21.5 Å². The number of aromatic nitrogens is 4. The third kappa shape index (κ3) is 5.66. The Morgan fingerprint density at radius 3 is 2.40 bits per heavy atom. The minimum absolute atomic E-state index is 0.279. The lowest BCUT2D eigenvalue weighted by Gasteiger charge is -2.10. The number of amides is 1. The number of thiocarbonyl (C=S) groups is 1. The van der Waals surface area contributed by atoms with Gasteiger partial charge in [-0.2, -0.15) is 0 Å². The molecule has 1 amide bonds. The number of thioether (sulfide) groups is 1. The molecule has 0 unspecified atom stereocenters. The van der Waals surface area contributed by atoms with E-state index >= 15 is 0 Å². The molecule has 3 heterocycles. The van der Waals surface area contributed by atoms with Crippen LogP contribution in [0.5, 0.6) is 0 Å². The van der Waals surface area contributed by atoms with Crippen LogP contribution in [0.4, 0.5) is 0 Å². The van der Waals surface area contributed by atoms with Crippen LogP contribution in [0, 0.1) is 0 Å². The molecular formula is C23H23N5O5S2. The van der Waals surface area contributed by atoms with Gasteiger partial charge in [-0.15, -0.1) is 0 Å². The molecule has 0 saturated carbocycles. The maximum absolute atomic E-state index is 12.1. The highest BCUT2D eigenvalue weighted by atomic mass is 32.2. The van der Waals surface area contributed by atoms with Gasteiger partial charge in [-0.1, -0.05) is 60.4 Å². The van der Waals surface area contributed by atoms with E-state index in [1.54, 1.807) is 24.7 Å². The van der Waals surface area contributed by atoms with Crippen molar-refractivity contribution in [2.24, 2.45) is 21.1 Å². The molecule has 1 N–H and O–H groups in total. The molecule has 1 aliphatic heterocycles. The quantitative estimate of drug-likeness (QED) is 0.415. The van der Waals surface area contributed by atoms with Gasteiger partial charge in [0.05, 0.1) is 11.2 Å². The fourth-order valence-corrected chi connectivity index (χ4v) is 4.61. The lowest BCUT2D eigenvalue weighted by Crippen LogP contribution is -2.37. The summed E-state index contributed by atoms with van der Waals surface area (Å²) in [5.41, 5.74) is 2.11. The molecule has 10 nitrogen and oxygen atoms in total. The highest BCUT2D eigenvalue weighted by Crippen LogP contribution is 2.31. The first-order chi connectivity index (χ1) is 16.5. The molecule has 3 aromatic rings. The summed E-state index contributed by atoms with van der Waals surface area (Å²) in [6.45, 7) is 1.49. The van der Waals surface area contributed by atoms with Gasteiger partial charge in [-0.3, -0.25) is 28.4 Å². The van der Waals surface area contributed by atoms with Crippen molar-refractivity contribution in [2.75, 3.05) is 6.54 Å². The van der Waals surface area contributed by atoms with Crippen molar-refractivity contribution in [3.63, 3.8) is 0 Å². The number of hydrogen-bond donors (Lipinski definition) is 1. The Morgan fingerprint density at radius 1 is 1.11 bits per heavy atom. The second-order valence-corrected chi connectivity index (χ2v) is 9.37. The van der Waals surface area contributed by atoms with E-state index in [4.69, 9.17) is 17.3 Å². The minimum Gasteiger partial charge on any atom is -0.480 e. The molecule has 182 valence electrons. The average molecular weight is 514 g/mol.